The molecule has 1 N–H and O–H groups in total. The molecule has 0 bridgehead atoms. The second-order valence-electron chi connectivity index (χ2n) is 3.74. The average Bonchev–Trinajstić information content (AvgIpc) is 2.36. The smallest absolute Gasteiger partial charge is 0.244 e. The monoisotopic (exact) mass is 309 g/mol. The number of halogens is 1. The summed E-state index contributed by atoms with van der Waals surface area (Å²) in [5.41, 5.74) is 0.524. The topological polar surface area (TPSA) is 57.6 Å². The highest BCUT2D eigenvalue weighted by Crippen LogP contribution is 2.25. The highest BCUT2D eigenvalue weighted by molar-refractivity contribution is 7.98. The van der Waals surface area contributed by atoms with Gasteiger partial charge in [-0.05, 0) is 24.0 Å². The van der Waals surface area contributed by atoms with E-state index in [1.807, 2.05) is 6.26 Å². The summed E-state index contributed by atoms with van der Waals surface area (Å²) in [5.74, 6) is 0.715. The van der Waals surface area contributed by atoms with Gasteiger partial charge in [0.1, 0.15) is 4.90 Å². The fraction of sp³-hybridized carbons (Fsp3) is 0.455. The van der Waals surface area contributed by atoms with Crippen LogP contribution in [-0.4, -0.2) is 43.4 Å². The Morgan fingerprint density at radius 1 is 1.44 bits per heavy atom. The van der Waals surface area contributed by atoms with Crippen LogP contribution < -0.4 is 0 Å². The van der Waals surface area contributed by atoms with Gasteiger partial charge in [0, 0.05) is 19.3 Å². The molecule has 102 valence electrons. The van der Waals surface area contributed by atoms with Crippen molar-refractivity contribution in [1.82, 2.24) is 4.31 Å². The van der Waals surface area contributed by atoms with Crippen molar-refractivity contribution in [3.05, 3.63) is 28.8 Å². The lowest BCUT2D eigenvalue weighted by molar-refractivity contribution is 0.281. The van der Waals surface area contributed by atoms with Crippen LogP contribution in [0.15, 0.2) is 23.1 Å². The minimum absolute atomic E-state index is 0.0410. The summed E-state index contributed by atoms with van der Waals surface area (Å²) < 4.78 is 25.8. The minimum atomic E-state index is -3.60. The van der Waals surface area contributed by atoms with Crippen LogP contribution >= 0.6 is 23.4 Å². The second kappa shape index (κ2) is 6.77. The molecule has 0 fully saturated rings. The molecule has 1 aromatic rings. The summed E-state index contributed by atoms with van der Waals surface area (Å²) in [6.07, 6.45) is 1.92. The summed E-state index contributed by atoms with van der Waals surface area (Å²) in [6.45, 7) is 0.206. The fourth-order valence-electron chi connectivity index (χ4n) is 1.35. The summed E-state index contributed by atoms with van der Waals surface area (Å²) in [5, 5.41) is 9.21. The Hall–Kier alpha value is -0.270. The van der Waals surface area contributed by atoms with Crippen LogP contribution in [0.25, 0.3) is 0 Å². The summed E-state index contributed by atoms with van der Waals surface area (Å²) in [4.78, 5) is 0.0410. The lowest BCUT2D eigenvalue weighted by Crippen LogP contribution is -2.29. The lowest BCUT2D eigenvalue weighted by atomic mass is 10.2. The first-order valence-corrected chi connectivity index (χ1v) is 8.49. The van der Waals surface area contributed by atoms with E-state index in [4.69, 9.17) is 16.7 Å². The fourth-order valence-corrected chi connectivity index (χ4v) is 3.62. The number of hydrogen-bond acceptors (Lipinski definition) is 4. The van der Waals surface area contributed by atoms with E-state index >= 15 is 0 Å². The third-order valence-corrected chi connectivity index (χ3v) is 5.41. The van der Waals surface area contributed by atoms with Crippen LogP contribution in [0.4, 0.5) is 0 Å². The molecule has 0 saturated carbocycles. The molecule has 1 aromatic carbocycles. The lowest BCUT2D eigenvalue weighted by Gasteiger charge is -2.17. The maximum Gasteiger partial charge on any atom is 0.244 e. The zero-order valence-electron chi connectivity index (χ0n) is 10.3. The molecule has 4 nitrogen and oxygen atoms in total. The molecule has 0 amide bonds. The van der Waals surface area contributed by atoms with Crippen LogP contribution in [0.5, 0.6) is 0 Å². The molecule has 0 unspecified atom stereocenters. The molecule has 18 heavy (non-hydrogen) atoms. The molecule has 0 saturated heterocycles. The number of nitrogens with zero attached hydrogens (tertiary/aromatic N) is 1. The maximum absolute atomic E-state index is 12.3. The molecule has 0 heterocycles. The molecule has 0 radical (unpaired) electrons. The van der Waals surface area contributed by atoms with Crippen LogP contribution in [0, 0.1) is 0 Å². The third-order valence-electron chi connectivity index (χ3n) is 2.48. The number of aliphatic hydroxyl groups excluding tert-OH is 1. The molecule has 0 spiro atoms. The highest BCUT2D eigenvalue weighted by Gasteiger charge is 2.23. The molecule has 1 rings (SSSR count). The van der Waals surface area contributed by atoms with E-state index in [-0.39, 0.29) is 16.5 Å². The Morgan fingerprint density at radius 3 is 2.67 bits per heavy atom. The van der Waals surface area contributed by atoms with Crippen molar-refractivity contribution in [2.24, 2.45) is 0 Å². The van der Waals surface area contributed by atoms with E-state index in [0.717, 1.165) is 0 Å². The number of aliphatic hydroxyl groups is 1. The van der Waals surface area contributed by atoms with Crippen molar-refractivity contribution < 1.29 is 13.5 Å². The Kier molecular flexibility index (Phi) is 5.94. The normalized spacial score (nSPS) is 12.1. The van der Waals surface area contributed by atoms with Crippen molar-refractivity contribution in [3.63, 3.8) is 0 Å². The van der Waals surface area contributed by atoms with Gasteiger partial charge < -0.3 is 5.11 Å². The molecule has 0 aliphatic rings. The van der Waals surface area contributed by atoms with Crippen molar-refractivity contribution in [2.45, 2.75) is 11.5 Å². The maximum atomic E-state index is 12.3. The average molecular weight is 310 g/mol. The molecule has 7 heteroatoms. The van der Waals surface area contributed by atoms with E-state index in [9.17, 15) is 8.42 Å². The van der Waals surface area contributed by atoms with Crippen LogP contribution in [0.3, 0.4) is 0 Å². The Balaban J connectivity index is 3.11. The third kappa shape index (κ3) is 3.61. The SMILES string of the molecule is CSCCN(C)S(=O)(=O)c1cc(CO)ccc1Cl. The van der Waals surface area contributed by atoms with Gasteiger partial charge in [-0.15, -0.1) is 0 Å². The first kappa shape index (κ1) is 15.8. The standard InChI is InChI=1S/C11H16ClNO3S2/c1-13(5-6-17-2)18(15,16)11-7-9(8-14)3-4-10(11)12/h3-4,7,14H,5-6,8H2,1-2H3. The quantitative estimate of drug-likeness (QED) is 0.871. The molecule has 0 aliphatic carbocycles. The molecule has 0 aliphatic heterocycles. The first-order chi connectivity index (χ1) is 8.43. The van der Waals surface area contributed by atoms with E-state index in [1.165, 1.54) is 23.5 Å². The largest absolute Gasteiger partial charge is 0.392 e. The van der Waals surface area contributed by atoms with Crippen molar-refractivity contribution in [3.8, 4) is 0 Å². The van der Waals surface area contributed by atoms with Crippen LogP contribution in [0.1, 0.15) is 5.56 Å². The first-order valence-electron chi connectivity index (χ1n) is 5.28. The predicted molar refractivity (Wildman–Crippen MR) is 75.6 cm³/mol. The van der Waals surface area contributed by atoms with Gasteiger partial charge in [0.05, 0.1) is 11.6 Å². The van der Waals surface area contributed by atoms with E-state index in [0.29, 0.717) is 17.9 Å². The van der Waals surface area contributed by atoms with Gasteiger partial charge >= 0.3 is 0 Å². The van der Waals surface area contributed by atoms with Gasteiger partial charge in [-0.3, -0.25) is 0 Å². The zero-order chi connectivity index (χ0) is 13.8. The molecule has 0 atom stereocenters. The van der Waals surface area contributed by atoms with Gasteiger partial charge in [-0.25, -0.2) is 12.7 Å². The highest BCUT2D eigenvalue weighted by atomic mass is 35.5. The van der Waals surface area contributed by atoms with E-state index in [1.54, 1.807) is 17.8 Å². The Bertz CT molecular complexity index is 505. The Morgan fingerprint density at radius 2 is 2.11 bits per heavy atom. The number of thioether (sulfide) groups is 1. The molecular formula is C11H16ClNO3S2. The van der Waals surface area contributed by atoms with Gasteiger partial charge in [0.2, 0.25) is 10.0 Å². The van der Waals surface area contributed by atoms with E-state index in [2.05, 4.69) is 0 Å². The van der Waals surface area contributed by atoms with Gasteiger partial charge in [0.15, 0.2) is 0 Å². The van der Waals surface area contributed by atoms with Crippen molar-refractivity contribution in [1.29, 1.82) is 0 Å². The van der Waals surface area contributed by atoms with Crippen LogP contribution in [0.2, 0.25) is 5.02 Å². The second-order valence-corrected chi connectivity index (χ2v) is 7.15. The number of sulfonamides is 1. The van der Waals surface area contributed by atoms with E-state index < -0.39 is 10.0 Å². The van der Waals surface area contributed by atoms with Gasteiger partial charge in [-0.1, -0.05) is 17.7 Å². The summed E-state index contributed by atoms with van der Waals surface area (Å²) in [6, 6.07) is 4.50. The van der Waals surface area contributed by atoms with Gasteiger partial charge in [0.25, 0.3) is 0 Å². The predicted octanol–water partition coefficient (Wildman–Crippen LogP) is 1.82. The number of benzene rings is 1. The Labute approximate surface area is 117 Å². The van der Waals surface area contributed by atoms with Gasteiger partial charge in [-0.2, -0.15) is 11.8 Å². The summed E-state index contributed by atoms with van der Waals surface area (Å²) in [7, 11) is -2.08. The number of rotatable bonds is 6. The molecular weight excluding hydrogens is 294 g/mol. The summed E-state index contributed by atoms with van der Waals surface area (Å²) >= 11 is 7.50. The number of hydrogen-bond donors (Lipinski definition) is 1. The zero-order valence-corrected chi connectivity index (χ0v) is 12.6. The van der Waals surface area contributed by atoms with Crippen molar-refractivity contribution in [2.75, 3.05) is 25.6 Å². The van der Waals surface area contributed by atoms with Crippen molar-refractivity contribution >= 4 is 33.4 Å². The minimum Gasteiger partial charge on any atom is -0.392 e. The molecule has 0 aromatic heterocycles. The van der Waals surface area contributed by atoms with Crippen LogP contribution in [-0.2, 0) is 16.6 Å².